The molecule has 2 aliphatic rings. The molecule has 1 N–H and O–H groups in total. The maximum Gasteiger partial charge on any atom is 0.178 e. The average molecular weight is 227 g/mol. The minimum atomic E-state index is -0.392. The summed E-state index contributed by atoms with van der Waals surface area (Å²) in [5.74, 6) is 1.15. The van der Waals surface area contributed by atoms with Crippen LogP contribution in [0.3, 0.4) is 0 Å². The minimum Gasteiger partial charge on any atom is -0.347 e. The Labute approximate surface area is 98.9 Å². The zero-order valence-electron chi connectivity index (χ0n) is 10.8. The zero-order valence-corrected chi connectivity index (χ0v) is 10.8. The second-order valence-electron chi connectivity index (χ2n) is 5.62. The predicted molar refractivity (Wildman–Crippen MR) is 64.3 cm³/mol. The van der Waals surface area contributed by atoms with E-state index in [4.69, 9.17) is 9.47 Å². The van der Waals surface area contributed by atoms with Crippen molar-refractivity contribution in [1.82, 2.24) is 5.32 Å². The van der Waals surface area contributed by atoms with Crippen LogP contribution in [0.25, 0.3) is 0 Å². The van der Waals surface area contributed by atoms with Gasteiger partial charge in [-0.25, -0.2) is 0 Å². The Morgan fingerprint density at radius 1 is 1.12 bits per heavy atom. The van der Waals surface area contributed by atoms with Gasteiger partial charge >= 0.3 is 0 Å². The third-order valence-electron chi connectivity index (χ3n) is 4.10. The second-order valence-corrected chi connectivity index (χ2v) is 5.62. The fourth-order valence-electron chi connectivity index (χ4n) is 3.05. The molecule has 0 aromatic heterocycles. The van der Waals surface area contributed by atoms with Gasteiger partial charge in [0.2, 0.25) is 0 Å². The molecule has 2 atom stereocenters. The molecule has 0 aromatic rings. The highest BCUT2D eigenvalue weighted by atomic mass is 16.7. The fraction of sp³-hybridized carbons (Fsp3) is 1.00. The Bertz CT molecular complexity index is 216. The lowest BCUT2D eigenvalue weighted by atomic mass is 9.78. The first kappa shape index (κ1) is 12.3. The lowest BCUT2D eigenvalue weighted by Gasteiger charge is -2.37. The van der Waals surface area contributed by atoms with Crippen molar-refractivity contribution in [2.75, 3.05) is 19.8 Å². The smallest absolute Gasteiger partial charge is 0.178 e. The van der Waals surface area contributed by atoms with Gasteiger partial charge in [-0.15, -0.1) is 0 Å². The summed E-state index contributed by atoms with van der Waals surface area (Å²) >= 11 is 0. The summed E-state index contributed by atoms with van der Waals surface area (Å²) < 4.78 is 11.2. The van der Waals surface area contributed by atoms with E-state index in [1.807, 2.05) is 6.92 Å². The van der Waals surface area contributed by atoms with Gasteiger partial charge in [0.25, 0.3) is 0 Å². The van der Waals surface area contributed by atoms with Crippen LogP contribution in [0.4, 0.5) is 0 Å². The Morgan fingerprint density at radius 3 is 2.25 bits per heavy atom. The largest absolute Gasteiger partial charge is 0.347 e. The first-order valence-electron chi connectivity index (χ1n) is 6.62. The summed E-state index contributed by atoms with van der Waals surface area (Å²) in [6.45, 7) is 9.01. The Kier molecular flexibility index (Phi) is 3.88. The van der Waals surface area contributed by atoms with Crippen molar-refractivity contribution in [3.05, 3.63) is 0 Å². The number of rotatable bonds is 3. The van der Waals surface area contributed by atoms with Crippen LogP contribution in [-0.4, -0.2) is 31.6 Å². The lowest BCUT2D eigenvalue weighted by molar-refractivity contribution is -0.140. The minimum absolute atomic E-state index is 0.392. The summed E-state index contributed by atoms with van der Waals surface area (Å²) in [7, 11) is 0. The van der Waals surface area contributed by atoms with Crippen LogP contribution in [0, 0.1) is 11.8 Å². The number of ether oxygens (including phenoxy) is 2. The molecular weight excluding hydrogens is 202 g/mol. The van der Waals surface area contributed by atoms with E-state index in [2.05, 4.69) is 19.2 Å². The van der Waals surface area contributed by atoms with E-state index in [9.17, 15) is 0 Å². The van der Waals surface area contributed by atoms with E-state index in [-0.39, 0.29) is 0 Å². The van der Waals surface area contributed by atoms with Crippen molar-refractivity contribution in [3.63, 3.8) is 0 Å². The molecular formula is C13H25NO2. The van der Waals surface area contributed by atoms with Gasteiger partial charge in [0.05, 0.1) is 13.2 Å². The Balaban J connectivity index is 1.83. The van der Waals surface area contributed by atoms with Crippen LogP contribution in [0.1, 0.15) is 40.0 Å². The van der Waals surface area contributed by atoms with E-state index < -0.39 is 5.79 Å². The summed E-state index contributed by atoms with van der Waals surface area (Å²) in [5.41, 5.74) is 0. The van der Waals surface area contributed by atoms with Gasteiger partial charge in [-0.05, 0) is 31.6 Å². The molecule has 1 aliphatic carbocycles. The molecule has 1 saturated heterocycles. The van der Waals surface area contributed by atoms with E-state index >= 15 is 0 Å². The van der Waals surface area contributed by atoms with Crippen LogP contribution in [0.5, 0.6) is 0 Å². The number of hydrogen-bond donors (Lipinski definition) is 1. The molecule has 3 heteroatoms. The molecule has 0 radical (unpaired) electrons. The van der Waals surface area contributed by atoms with E-state index in [1.165, 1.54) is 19.3 Å². The maximum absolute atomic E-state index is 5.62. The van der Waals surface area contributed by atoms with Crippen molar-refractivity contribution in [2.45, 2.75) is 51.9 Å². The van der Waals surface area contributed by atoms with Crippen LogP contribution < -0.4 is 5.32 Å². The summed E-state index contributed by atoms with van der Waals surface area (Å²) in [6, 6.07) is 0.623. The van der Waals surface area contributed by atoms with Crippen molar-refractivity contribution < 1.29 is 9.47 Å². The third-order valence-corrected chi connectivity index (χ3v) is 4.10. The highest BCUT2D eigenvalue weighted by molar-refractivity contribution is 4.85. The summed E-state index contributed by atoms with van der Waals surface area (Å²) in [4.78, 5) is 0. The zero-order chi connectivity index (χ0) is 11.6. The molecule has 94 valence electrons. The predicted octanol–water partition coefficient (Wildman–Crippen LogP) is 2.16. The molecule has 1 heterocycles. The Morgan fingerprint density at radius 2 is 1.69 bits per heavy atom. The topological polar surface area (TPSA) is 30.5 Å². The summed E-state index contributed by atoms with van der Waals surface area (Å²) in [6.07, 6.45) is 4.08. The first-order valence-corrected chi connectivity index (χ1v) is 6.62. The average Bonchev–Trinajstić information content (AvgIpc) is 2.65. The van der Waals surface area contributed by atoms with E-state index in [0.29, 0.717) is 6.04 Å². The molecule has 2 rings (SSSR count). The molecule has 2 fully saturated rings. The summed E-state index contributed by atoms with van der Waals surface area (Å²) in [5, 5.41) is 3.65. The van der Waals surface area contributed by atoms with Gasteiger partial charge in [0.15, 0.2) is 5.79 Å². The van der Waals surface area contributed by atoms with Crippen molar-refractivity contribution in [1.29, 1.82) is 0 Å². The second kappa shape index (κ2) is 5.03. The maximum atomic E-state index is 5.62. The Hall–Kier alpha value is -0.120. The quantitative estimate of drug-likeness (QED) is 0.801. The molecule has 3 nitrogen and oxygen atoms in total. The van der Waals surface area contributed by atoms with Crippen LogP contribution in [0.2, 0.25) is 0 Å². The normalized spacial score (nSPS) is 38.8. The molecule has 0 amide bonds. The lowest BCUT2D eigenvalue weighted by Crippen LogP contribution is -2.49. The molecule has 16 heavy (non-hydrogen) atoms. The van der Waals surface area contributed by atoms with Crippen molar-refractivity contribution >= 4 is 0 Å². The molecule has 2 unspecified atom stereocenters. The van der Waals surface area contributed by atoms with E-state index in [0.717, 1.165) is 31.6 Å². The SMILES string of the molecule is CC1CCCC(C)C1NCC1(C)OCCO1. The monoisotopic (exact) mass is 227 g/mol. The highest BCUT2D eigenvalue weighted by Gasteiger charge is 2.34. The highest BCUT2D eigenvalue weighted by Crippen LogP contribution is 2.29. The van der Waals surface area contributed by atoms with Gasteiger partial charge in [-0.1, -0.05) is 20.3 Å². The first-order chi connectivity index (χ1) is 7.61. The molecule has 0 spiro atoms. The molecule has 0 bridgehead atoms. The van der Waals surface area contributed by atoms with Crippen LogP contribution in [0.15, 0.2) is 0 Å². The van der Waals surface area contributed by atoms with E-state index in [1.54, 1.807) is 0 Å². The van der Waals surface area contributed by atoms with Gasteiger partial charge in [0.1, 0.15) is 0 Å². The van der Waals surface area contributed by atoms with Crippen molar-refractivity contribution in [3.8, 4) is 0 Å². The molecule has 1 aliphatic heterocycles. The molecule has 0 aromatic carbocycles. The number of hydrogen-bond acceptors (Lipinski definition) is 3. The van der Waals surface area contributed by atoms with Gasteiger partial charge in [-0.2, -0.15) is 0 Å². The third kappa shape index (κ3) is 2.76. The fourth-order valence-corrected chi connectivity index (χ4v) is 3.05. The molecule has 1 saturated carbocycles. The van der Waals surface area contributed by atoms with Crippen molar-refractivity contribution in [2.24, 2.45) is 11.8 Å². The van der Waals surface area contributed by atoms with Gasteiger partial charge in [0, 0.05) is 12.6 Å². The standard InChI is InChI=1S/C13H25NO2/c1-10-5-4-6-11(2)12(10)14-9-13(3)15-7-8-16-13/h10-12,14H,4-9H2,1-3H3. The number of nitrogens with one attached hydrogen (secondary N) is 1. The van der Waals surface area contributed by atoms with Crippen LogP contribution in [-0.2, 0) is 9.47 Å². The van der Waals surface area contributed by atoms with Gasteiger partial charge in [-0.3, -0.25) is 0 Å². The van der Waals surface area contributed by atoms with Crippen LogP contribution >= 0.6 is 0 Å². The van der Waals surface area contributed by atoms with Gasteiger partial charge < -0.3 is 14.8 Å².